The molecule has 3 aromatic carbocycles. The number of halogens is 1. The van der Waals surface area contributed by atoms with Gasteiger partial charge in [0.2, 0.25) is 0 Å². The Morgan fingerprint density at radius 2 is 1.75 bits per heavy atom. The summed E-state index contributed by atoms with van der Waals surface area (Å²) in [5, 5.41) is 10.1. The molecule has 0 saturated carbocycles. The van der Waals surface area contributed by atoms with Gasteiger partial charge < -0.3 is 14.2 Å². The lowest BCUT2D eigenvalue weighted by molar-refractivity contribution is -0.136. The molecule has 6 heteroatoms. The molecule has 0 amide bonds. The van der Waals surface area contributed by atoms with Gasteiger partial charge in [0.25, 0.3) is 0 Å². The standard InChI is InChI=1S/C26H22ClNO4/c1-3-18-4-11-23(12-5-18)31-17-26(29)32-24-13-6-19(15-25(24)30-2)14-21(16-28)20-7-9-22(27)10-8-20/h4-15H,3,17H2,1-2H3/b21-14+. The van der Waals surface area contributed by atoms with Crippen molar-refractivity contribution in [2.75, 3.05) is 13.7 Å². The highest BCUT2D eigenvalue weighted by Gasteiger charge is 2.12. The average molecular weight is 448 g/mol. The van der Waals surface area contributed by atoms with Crippen molar-refractivity contribution in [3.8, 4) is 23.3 Å². The number of nitrogens with zero attached hydrogens (tertiary/aromatic N) is 1. The molecule has 0 aliphatic heterocycles. The molecule has 0 aliphatic carbocycles. The third kappa shape index (κ3) is 6.13. The molecule has 0 radical (unpaired) electrons. The van der Waals surface area contributed by atoms with Crippen LogP contribution in [0.4, 0.5) is 0 Å². The Morgan fingerprint density at radius 3 is 2.38 bits per heavy atom. The number of methoxy groups -OCH3 is 1. The number of allylic oxidation sites excluding steroid dienone is 1. The monoisotopic (exact) mass is 447 g/mol. The van der Waals surface area contributed by atoms with E-state index in [9.17, 15) is 10.1 Å². The molecule has 3 rings (SSSR count). The molecule has 32 heavy (non-hydrogen) atoms. The molecule has 3 aromatic rings. The molecular weight excluding hydrogens is 426 g/mol. The maximum absolute atomic E-state index is 12.2. The number of carbonyl (C=O) groups excluding carboxylic acids is 1. The van der Waals surface area contributed by atoms with E-state index in [0.717, 1.165) is 17.5 Å². The quantitative estimate of drug-likeness (QED) is 0.184. The molecule has 0 saturated heterocycles. The Balaban J connectivity index is 1.69. The molecule has 0 bridgehead atoms. The summed E-state index contributed by atoms with van der Waals surface area (Å²) in [7, 11) is 1.48. The van der Waals surface area contributed by atoms with Gasteiger partial charge >= 0.3 is 5.97 Å². The topological polar surface area (TPSA) is 68.5 Å². The number of aryl methyl sites for hydroxylation is 1. The van der Waals surface area contributed by atoms with Crippen LogP contribution in [0.5, 0.6) is 17.2 Å². The zero-order chi connectivity index (χ0) is 22.9. The smallest absolute Gasteiger partial charge is 0.349 e. The van der Waals surface area contributed by atoms with Crippen LogP contribution >= 0.6 is 11.6 Å². The molecule has 162 valence electrons. The summed E-state index contributed by atoms with van der Waals surface area (Å²) in [4.78, 5) is 12.2. The summed E-state index contributed by atoms with van der Waals surface area (Å²) in [6.45, 7) is 1.84. The van der Waals surface area contributed by atoms with Crippen molar-refractivity contribution in [2.24, 2.45) is 0 Å². The Morgan fingerprint density at radius 1 is 1.03 bits per heavy atom. The number of hydrogen-bond acceptors (Lipinski definition) is 5. The van der Waals surface area contributed by atoms with Gasteiger partial charge in [-0.05, 0) is 65.6 Å². The molecule has 0 unspecified atom stereocenters. The number of rotatable bonds is 8. The summed E-state index contributed by atoms with van der Waals surface area (Å²) in [6.07, 6.45) is 2.66. The Bertz CT molecular complexity index is 1150. The second-order valence-corrected chi connectivity index (χ2v) is 7.28. The van der Waals surface area contributed by atoms with E-state index in [0.29, 0.717) is 22.1 Å². The Kier molecular flexibility index (Phi) is 7.91. The summed E-state index contributed by atoms with van der Waals surface area (Å²) < 4.78 is 16.3. The highest BCUT2D eigenvalue weighted by Crippen LogP contribution is 2.30. The molecule has 0 spiro atoms. The van der Waals surface area contributed by atoms with Crippen LogP contribution in [0.3, 0.4) is 0 Å². The normalized spacial score (nSPS) is 10.9. The predicted octanol–water partition coefficient (Wildman–Crippen LogP) is 5.96. The van der Waals surface area contributed by atoms with E-state index in [-0.39, 0.29) is 12.4 Å². The lowest BCUT2D eigenvalue weighted by atomic mass is 10.0. The molecule has 0 fully saturated rings. The van der Waals surface area contributed by atoms with Crippen LogP contribution in [-0.4, -0.2) is 19.7 Å². The SMILES string of the molecule is CCc1ccc(OCC(=O)Oc2ccc(/C=C(\C#N)c3ccc(Cl)cc3)cc2OC)cc1. The first-order chi connectivity index (χ1) is 15.5. The van der Waals surface area contributed by atoms with Crippen LogP contribution in [0.2, 0.25) is 5.02 Å². The van der Waals surface area contributed by atoms with E-state index in [1.807, 2.05) is 24.3 Å². The first kappa shape index (κ1) is 22.9. The van der Waals surface area contributed by atoms with Crippen molar-refractivity contribution in [1.82, 2.24) is 0 Å². The average Bonchev–Trinajstić information content (AvgIpc) is 2.83. The van der Waals surface area contributed by atoms with Gasteiger partial charge in [0.15, 0.2) is 18.1 Å². The first-order valence-corrected chi connectivity index (χ1v) is 10.4. The van der Waals surface area contributed by atoms with E-state index in [4.69, 9.17) is 25.8 Å². The van der Waals surface area contributed by atoms with E-state index in [1.165, 1.54) is 12.7 Å². The minimum Gasteiger partial charge on any atom is -0.493 e. The van der Waals surface area contributed by atoms with Crippen molar-refractivity contribution in [2.45, 2.75) is 13.3 Å². The van der Waals surface area contributed by atoms with Gasteiger partial charge in [0, 0.05) is 5.02 Å². The third-order valence-corrected chi connectivity index (χ3v) is 4.94. The summed E-state index contributed by atoms with van der Waals surface area (Å²) in [5.41, 5.74) is 3.13. The largest absolute Gasteiger partial charge is 0.493 e. The lowest BCUT2D eigenvalue weighted by Gasteiger charge is -2.11. The fourth-order valence-electron chi connectivity index (χ4n) is 2.95. The van der Waals surface area contributed by atoms with E-state index in [1.54, 1.807) is 48.5 Å². The van der Waals surface area contributed by atoms with E-state index >= 15 is 0 Å². The number of ether oxygens (including phenoxy) is 3. The fourth-order valence-corrected chi connectivity index (χ4v) is 3.08. The molecule has 0 atom stereocenters. The van der Waals surface area contributed by atoms with Gasteiger partial charge in [-0.25, -0.2) is 4.79 Å². The first-order valence-electron chi connectivity index (χ1n) is 10.0. The zero-order valence-corrected chi connectivity index (χ0v) is 18.6. The maximum atomic E-state index is 12.2. The van der Waals surface area contributed by atoms with Gasteiger partial charge in [-0.3, -0.25) is 0 Å². The summed E-state index contributed by atoms with van der Waals surface area (Å²) >= 11 is 5.92. The maximum Gasteiger partial charge on any atom is 0.349 e. The van der Waals surface area contributed by atoms with Gasteiger partial charge in [0.05, 0.1) is 18.8 Å². The second kappa shape index (κ2) is 11.0. The van der Waals surface area contributed by atoms with Gasteiger partial charge in [0.1, 0.15) is 5.75 Å². The van der Waals surface area contributed by atoms with Crippen molar-refractivity contribution in [3.05, 3.63) is 88.4 Å². The van der Waals surface area contributed by atoms with Crippen molar-refractivity contribution >= 4 is 29.2 Å². The molecule has 5 nitrogen and oxygen atoms in total. The summed E-state index contributed by atoms with van der Waals surface area (Å²) in [6, 6.07) is 21.8. The van der Waals surface area contributed by atoms with Crippen molar-refractivity contribution < 1.29 is 19.0 Å². The third-order valence-electron chi connectivity index (χ3n) is 4.69. The van der Waals surface area contributed by atoms with Crippen LogP contribution in [0.15, 0.2) is 66.7 Å². The lowest BCUT2D eigenvalue weighted by Crippen LogP contribution is -2.18. The van der Waals surface area contributed by atoms with Crippen LogP contribution < -0.4 is 14.2 Å². The second-order valence-electron chi connectivity index (χ2n) is 6.85. The van der Waals surface area contributed by atoms with Crippen LogP contribution in [-0.2, 0) is 11.2 Å². The highest BCUT2D eigenvalue weighted by molar-refractivity contribution is 6.30. The van der Waals surface area contributed by atoms with Gasteiger partial charge in [-0.15, -0.1) is 0 Å². The van der Waals surface area contributed by atoms with E-state index < -0.39 is 5.97 Å². The van der Waals surface area contributed by atoms with E-state index in [2.05, 4.69) is 13.0 Å². The van der Waals surface area contributed by atoms with Gasteiger partial charge in [-0.1, -0.05) is 48.9 Å². The zero-order valence-electron chi connectivity index (χ0n) is 17.8. The van der Waals surface area contributed by atoms with Crippen LogP contribution in [0.25, 0.3) is 11.6 Å². The molecular formula is C26H22ClNO4. The molecule has 0 aliphatic rings. The fraction of sp³-hybridized carbons (Fsp3) is 0.154. The molecule has 0 aromatic heterocycles. The number of carbonyl (C=O) groups is 1. The van der Waals surface area contributed by atoms with Crippen molar-refractivity contribution in [1.29, 1.82) is 5.26 Å². The highest BCUT2D eigenvalue weighted by atomic mass is 35.5. The van der Waals surface area contributed by atoms with Gasteiger partial charge in [-0.2, -0.15) is 5.26 Å². The predicted molar refractivity (Wildman–Crippen MR) is 125 cm³/mol. The number of benzene rings is 3. The van der Waals surface area contributed by atoms with Crippen molar-refractivity contribution in [3.63, 3.8) is 0 Å². The number of esters is 1. The minimum absolute atomic E-state index is 0.231. The minimum atomic E-state index is -0.551. The summed E-state index contributed by atoms with van der Waals surface area (Å²) in [5.74, 6) is 0.681. The number of hydrogen-bond donors (Lipinski definition) is 0. The Labute approximate surface area is 192 Å². The molecule has 0 heterocycles. The van der Waals surface area contributed by atoms with Crippen LogP contribution in [0.1, 0.15) is 23.6 Å². The Hall–Kier alpha value is -3.75. The molecule has 0 N–H and O–H groups in total. The van der Waals surface area contributed by atoms with Crippen LogP contribution in [0, 0.1) is 11.3 Å². The number of nitriles is 1.